The molecule has 2 aliphatic heterocycles. The summed E-state index contributed by atoms with van der Waals surface area (Å²) in [5.41, 5.74) is -0.0110. The summed E-state index contributed by atoms with van der Waals surface area (Å²) in [7, 11) is -3.13. The molecular formula is C16H20N4O3S. The van der Waals surface area contributed by atoms with Crippen molar-refractivity contribution in [2.24, 2.45) is 0 Å². The van der Waals surface area contributed by atoms with Crippen molar-refractivity contribution in [3.05, 3.63) is 23.9 Å². The lowest BCUT2D eigenvalue weighted by Crippen LogP contribution is -2.37. The van der Waals surface area contributed by atoms with Crippen LogP contribution in [0.25, 0.3) is 0 Å². The summed E-state index contributed by atoms with van der Waals surface area (Å²) in [5, 5.41) is 12.1. The number of nitrogens with one attached hydrogen (secondary N) is 1. The van der Waals surface area contributed by atoms with Gasteiger partial charge in [-0.2, -0.15) is 9.57 Å². The van der Waals surface area contributed by atoms with Crippen molar-refractivity contribution >= 4 is 15.8 Å². The van der Waals surface area contributed by atoms with Crippen LogP contribution in [-0.4, -0.2) is 54.3 Å². The second kappa shape index (κ2) is 5.69. The highest BCUT2D eigenvalue weighted by molar-refractivity contribution is 7.90. The Hall–Kier alpha value is -1.69. The van der Waals surface area contributed by atoms with Gasteiger partial charge in [0.1, 0.15) is 17.6 Å². The van der Waals surface area contributed by atoms with Crippen molar-refractivity contribution in [1.29, 1.82) is 5.26 Å². The zero-order valence-electron chi connectivity index (χ0n) is 13.3. The second-order valence-electron chi connectivity index (χ2n) is 6.89. The lowest BCUT2D eigenvalue weighted by molar-refractivity contribution is 0.0173. The molecule has 1 aromatic rings. The molecule has 8 heteroatoms. The zero-order valence-corrected chi connectivity index (χ0v) is 14.1. The van der Waals surface area contributed by atoms with Crippen LogP contribution in [0.15, 0.2) is 18.2 Å². The Bertz CT molecular complexity index is 787. The maximum absolute atomic E-state index is 12.4. The van der Waals surface area contributed by atoms with E-state index in [1.54, 1.807) is 16.4 Å². The largest absolute Gasteiger partial charge is 0.371 e. The van der Waals surface area contributed by atoms with Crippen LogP contribution in [0.5, 0.6) is 0 Å². The molecule has 1 spiro atoms. The van der Waals surface area contributed by atoms with Crippen LogP contribution in [0.3, 0.4) is 0 Å². The first-order valence-electron chi connectivity index (χ1n) is 8.27. The van der Waals surface area contributed by atoms with Crippen LogP contribution in [0.2, 0.25) is 0 Å². The number of sulfonamides is 1. The van der Waals surface area contributed by atoms with E-state index in [4.69, 9.17) is 10.00 Å². The number of rotatable bonds is 4. The number of ether oxygens (including phenoxy) is 1. The van der Waals surface area contributed by atoms with E-state index < -0.39 is 10.0 Å². The van der Waals surface area contributed by atoms with Gasteiger partial charge < -0.3 is 10.1 Å². The van der Waals surface area contributed by atoms with Crippen molar-refractivity contribution in [3.8, 4) is 6.07 Å². The molecule has 3 heterocycles. The van der Waals surface area contributed by atoms with E-state index in [0.29, 0.717) is 31.2 Å². The van der Waals surface area contributed by atoms with Gasteiger partial charge in [-0.25, -0.2) is 13.4 Å². The highest BCUT2D eigenvalue weighted by atomic mass is 32.2. The quantitative estimate of drug-likeness (QED) is 0.875. The molecule has 1 aromatic heterocycles. The van der Waals surface area contributed by atoms with Crippen LogP contribution in [-0.2, 0) is 14.8 Å². The monoisotopic (exact) mass is 348 g/mol. The Kier molecular flexibility index (Phi) is 3.75. The molecule has 0 bridgehead atoms. The normalized spacial score (nSPS) is 30.5. The van der Waals surface area contributed by atoms with E-state index in [-0.39, 0.29) is 16.9 Å². The van der Waals surface area contributed by atoms with Crippen molar-refractivity contribution in [2.45, 2.75) is 42.6 Å². The van der Waals surface area contributed by atoms with Gasteiger partial charge in [0.15, 0.2) is 0 Å². The number of nitrogens with zero attached hydrogens (tertiary/aromatic N) is 3. The average Bonchev–Trinajstić information content (AvgIpc) is 3.26. The van der Waals surface area contributed by atoms with Gasteiger partial charge in [-0.15, -0.1) is 0 Å². The molecule has 0 aromatic carbocycles. The van der Waals surface area contributed by atoms with E-state index in [1.165, 1.54) is 0 Å². The molecular weight excluding hydrogens is 328 g/mol. The highest BCUT2D eigenvalue weighted by Crippen LogP contribution is 2.40. The Morgan fingerprint density at radius 2 is 2.25 bits per heavy atom. The molecule has 128 valence electrons. The molecule has 2 saturated heterocycles. The highest BCUT2D eigenvalue weighted by Gasteiger charge is 2.51. The van der Waals surface area contributed by atoms with Crippen molar-refractivity contribution in [2.75, 3.05) is 25.0 Å². The second-order valence-corrected chi connectivity index (χ2v) is 9.10. The third-order valence-corrected chi connectivity index (χ3v) is 7.36. The summed E-state index contributed by atoms with van der Waals surface area (Å²) in [6.07, 6.45) is 3.07. The smallest absolute Gasteiger partial charge is 0.217 e. The molecule has 7 nitrogen and oxygen atoms in total. The Morgan fingerprint density at radius 3 is 3.00 bits per heavy atom. The standard InChI is InChI=1S/C16H20N4O3S/c17-9-12-2-1-3-15(18-12)19-13-8-16(23-10-13)6-7-20(11-16)24(21,22)14-4-5-14/h1-3,13-14H,4-8,10-11H2,(H,18,19). The number of aromatic nitrogens is 1. The number of hydrogen-bond acceptors (Lipinski definition) is 6. The molecule has 0 amide bonds. The SMILES string of the molecule is N#Cc1cccc(NC2COC3(CCN(S(=O)(=O)C4CC4)C3)C2)n1. The summed E-state index contributed by atoms with van der Waals surface area (Å²) in [6.45, 7) is 1.53. The van der Waals surface area contributed by atoms with E-state index in [9.17, 15) is 8.42 Å². The molecule has 3 fully saturated rings. The molecule has 4 rings (SSSR count). The molecule has 1 aliphatic carbocycles. The molecule has 2 atom stereocenters. The van der Waals surface area contributed by atoms with Crippen molar-refractivity contribution in [1.82, 2.24) is 9.29 Å². The number of pyridine rings is 1. The van der Waals surface area contributed by atoms with Gasteiger partial charge in [0, 0.05) is 19.5 Å². The van der Waals surface area contributed by atoms with E-state index in [1.807, 2.05) is 12.1 Å². The Balaban J connectivity index is 1.40. The summed E-state index contributed by atoms with van der Waals surface area (Å²) >= 11 is 0. The van der Waals surface area contributed by atoms with E-state index in [0.717, 1.165) is 25.7 Å². The van der Waals surface area contributed by atoms with Gasteiger partial charge in [0.05, 0.1) is 23.5 Å². The average molecular weight is 348 g/mol. The van der Waals surface area contributed by atoms with Crippen molar-refractivity contribution in [3.63, 3.8) is 0 Å². The fourth-order valence-electron chi connectivity index (χ4n) is 3.61. The van der Waals surface area contributed by atoms with Gasteiger partial charge in [-0.1, -0.05) is 6.07 Å². The fourth-order valence-corrected chi connectivity index (χ4v) is 5.52. The predicted octanol–water partition coefficient (Wildman–Crippen LogP) is 1.09. The summed E-state index contributed by atoms with van der Waals surface area (Å²) < 4.78 is 32.4. The molecule has 3 aliphatic rings. The van der Waals surface area contributed by atoms with Gasteiger partial charge >= 0.3 is 0 Å². The minimum atomic E-state index is -3.13. The van der Waals surface area contributed by atoms with Crippen LogP contribution in [0.1, 0.15) is 31.4 Å². The zero-order chi connectivity index (χ0) is 16.8. The molecule has 1 N–H and O–H groups in total. The minimum absolute atomic E-state index is 0.0787. The summed E-state index contributed by atoms with van der Waals surface area (Å²) in [4.78, 5) is 4.22. The molecule has 1 saturated carbocycles. The Morgan fingerprint density at radius 1 is 1.42 bits per heavy atom. The topological polar surface area (TPSA) is 95.3 Å². The van der Waals surface area contributed by atoms with Crippen LogP contribution in [0, 0.1) is 11.3 Å². The molecule has 0 radical (unpaired) electrons. The van der Waals surface area contributed by atoms with E-state index in [2.05, 4.69) is 10.3 Å². The first-order chi connectivity index (χ1) is 11.5. The first-order valence-corrected chi connectivity index (χ1v) is 9.78. The van der Waals surface area contributed by atoms with E-state index >= 15 is 0 Å². The summed E-state index contributed by atoms with van der Waals surface area (Å²) in [5.74, 6) is 0.653. The predicted molar refractivity (Wildman–Crippen MR) is 87.8 cm³/mol. The minimum Gasteiger partial charge on any atom is -0.371 e. The van der Waals surface area contributed by atoms with Crippen LogP contribution >= 0.6 is 0 Å². The molecule has 2 unspecified atom stereocenters. The fraction of sp³-hybridized carbons (Fsp3) is 0.625. The van der Waals surface area contributed by atoms with Gasteiger partial charge in [0.2, 0.25) is 10.0 Å². The van der Waals surface area contributed by atoms with Crippen molar-refractivity contribution < 1.29 is 13.2 Å². The molecule has 24 heavy (non-hydrogen) atoms. The van der Waals surface area contributed by atoms with Gasteiger partial charge in [-0.3, -0.25) is 0 Å². The third-order valence-electron chi connectivity index (χ3n) is 5.01. The van der Waals surface area contributed by atoms with Crippen LogP contribution < -0.4 is 5.32 Å². The first kappa shape index (κ1) is 15.8. The van der Waals surface area contributed by atoms with Gasteiger partial charge in [-0.05, 0) is 31.4 Å². The van der Waals surface area contributed by atoms with Crippen LogP contribution in [0.4, 0.5) is 5.82 Å². The number of anilines is 1. The number of hydrogen-bond donors (Lipinski definition) is 1. The lowest BCUT2D eigenvalue weighted by atomic mass is 9.97. The van der Waals surface area contributed by atoms with Gasteiger partial charge in [0.25, 0.3) is 0 Å². The third kappa shape index (κ3) is 2.88. The maximum atomic E-state index is 12.4. The Labute approximate surface area is 141 Å². The number of nitriles is 1. The summed E-state index contributed by atoms with van der Waals surface area (Å²) in [6, 6.07) is 7.38. The lowest BCUT2D eigenvalue weighted by Gasteiger charge is -2.23. The maximum Gasteiger partial charge on any atom is 0.217 e.